The van der Waals surface area contributed by atoms with Crippen LogP contribution in [0.15, 0.2) is 24.3 Å². The molecule has 0 radical (unpaired) electrons. The third-order valence-corrected chi connectivity index (χ3v) is 2.84. The molecule has 2 rings (SSSR count). The fourth-order valence-corrected chi connectivity index (χ4v) is 1.89. The summed E-state index contributed by atoms with van der Waals surface area (Å²) in [5, 5.41) is 0. The number of carbonyl (C=O) groups is 2. The molecule has 0 spiro atoms. The Labute approximate surface area is 100 Å². The molecule has 0 N–H and O–H groups in total. The smallest absolute Gasteiger partial charge is 0.410 e. The van der Waals surface area contributed by atoms with Crippen LogP contribution >= 0.6 is 0 Å². The Hall–Kier alpha value is -1.84. The van der Waals surface area contributed by atoms with Crippen LogP contribution < -0.4 is 0 Å². The molecule has 1 amide bonds. The van der Waals surface area contributed by atoms with Crippen molar-refractivity contribution in [3.63, 3.8) is 0 Å². The van der Waals surface area contributed by atoms with Crippen molar-refractivity contribution < 1.29 is 14.3 Å². The monoisotopic (exact) mass is 233 g/mol. The van der Waals surface area contributed by atoms with Crippen LogP contribution in [0.4, 0.5) is 4.79 Å². The molecule has 0 aliphatic carbocycles. The van der Waals surface area contributed by atoms with E-state index in [0.717, 1.165) is 12.0 Å². The number of aryl methyl sites for hydroxylation is 1. The molecule has 4 heteroatoms. The van der Waals surface area contributed by atoms with Crippen molar-refractivity contribution >= 4 is 11.9 Å². The molecule has 1 heterocycles. The van der Waals surface area contributed by atoms with E-state index in [1.165, 1.54) is 4.90 Å². The summed E-state index contributed by atoms with van der Waals surface area (Å²) >= 11 is 0. The van der Waals surface area contributed by atoms with Crippen LogP contribution in [0, 0.1) is 6.92 Å². The van der Waals surface area contributed by atoms with Gasteiger partial charge in [0.25, 0.3) is 0 Å². The Bertz CT molecular complexity index is 442. The number of cyclic esters (lactones) is 1. The zero-order chi connectivity index (χ0) is 12.3. The Morgan fingerprint density at radius 3 is 2.88 bits per heavy atom. The second-order valence-electron chi connectivity index (χ2n) is 4.13. The number of carbonyl (C=O) groups excluding carboxylic acids is 2. The first-order chi connectivity index (χ1) is 8.18. The predicted molar refractivity (Wildman–Crippen MR) is 63.0 cm³/mol. The summed E-state index contributed by atoms with van der Waals surface area (Å²) in [5.74, 6) is -0.0399. The van der Waals surface area contributed by atoms with Gasteiger partial charge in [-0.25, -0.2) is 4.79 Å². The summed E-state index contributed by atoms with van der Waals surface area (Å²) in [6, 6.07) is 7.39. The van der Waals surface area contributed by atoms with Gasteiger partial charge >= 0.3 is 6.09 Å². The Morgan fingerprint density at radius 1 is 1.41 bits per heavy atom. The van der Waals surface area contributed by atoms with Gasteiger partial charge in [0, 0.05) is 12.1 Å². The van der Waals surface area contributed by atoms with E-state index in [1.54, 1.807) is 6.07 Å². The molecule has 0 atom stereocenters. The first-order valence-electron chi connectivity index (χ1n) is 5.69. The molecule has 1 aliphatic rings. The zero-order valence-electron chi connectivity index (χ0n) is 9.81. The highest BCUT2D eigenvalue weighted by molar-refractivity contribution is 6.00. The van der Waals surface area contributed by atoms with Gasteiger partial charge in [0.05, 0.1) is 13.2 Å². The largest absolute Gasteiger partial charge is 0.449 e. The van der Waals surface area contributed by atoms with Crippen LogP contribution in [-0.2, 0) is 4.74 Å². The van der Waals surface area contributed by atoms with Crippen molar-refractivity contribution in [3.8, 4) is 0 Å². The minimum Gasteiger partial charge on any atom is -0.449 e. The van der Waals surface area contributed by atoms with Gasteiger partial charge < -0.3 is 9.64 Å². The van der Waals surface area contributed by atoms with Gasteiger partial charge in [0.2, 0.25) is 0 Å². The average molecular weight is 233 g/mol. The van der Waals surface area contributed by atoms with Gasteiger partial charge in [0.1, 0.15) is 0 Å². The fraction of sp³-hybridized carbons (Fsp3) is 0.385. The van der Waals surface area contributed by atoms with E-state index < -0.39 is 6.09 Å². The average Bonchev–Trinajstić information content (AvgIpc) is 2.32. The predicted octanol–water partition coefficient (Wildman–Crippen LogP) is 2.02. The van der Waals surface area contributed by atoms with E-state index in [1.807, 2.05) is 25.1 Å². The molecule has 17 heavy (non-hydrogen) atoms. The number of benzene rings is 1. The van der Waals surface area contributed by atoms with Crippen LogP contribution in [0.1, 0.15) is 22.3 Å². The van der Waals surface area contributed by atoms with E-state index >= 15 is 0 Å². The summed E-state index contributed by atoms with van der Waals surface area (Å²) < 4.78 is 4.89. The van der Waals surface area contributed by atoms with E-state index in [0.29, 0.717) is 18.7 Å². The second kappa shape index (κ2) is 4.99. The Balaban J connectivity index is 2.06. The molecule has 1 aromatic carbocycles. The maximum atomic E-state index is 12.0. The standard InChI is InChI=1S/C13H15NO3/c1-10-5-2-3-6-11(10)12(15)9-14-7-4-8-17-13(14)16/h2-3,5-6H,4,7-9H2,1H3. The molecule has 0 saturated carbocycles. The summed E-state index contributed by atoms with van der Waals surface area (Å²) in [6.45, 7) is 3.04. The van der Waals surface area contributed by atoms with Crippen molar-refractivity contribution in [1.29, 1.82) is 0 Å². The third kappa shape index (κ3) is 2.64. The first-order valence-corrected chi connectivity index (χ1v) is 5.69. The summed E-state index contributed by atoms with van der Waals surface area (Å²) in [5.41, 5.74) is 1.61. The summed E-state index contributed by atoms with van der Waals surface area (Å²) in [4.78, 5) is 24.9. The molecular weight excluding hydrogens is 218 g/mol. The number of ketones is 1. The van der Waals surface area contributed by atoms with Crippen LogP contribution in [0.3, 0.4) is 0 Å². The van der Waals surface area contributed by atoms with Crippen LogP contribution in [0.25, 0.3) is 0 Å². The minimum absolute atomic E-state index is 0.0399. The lowest BCUT2D eigenvalue weighted by Crippen LogP contribution is -2.41. The summed E-state index contributed by atoms with van der Waals surface area (Å²) in [6.07, 6.45) is 0.394. The van der Waals surface area contributed by atoms with Crippen molar-refractivity contribution in [2.24, 2.45) is 0 Å². The molecule has 1 fully saturated rings. The van der Waals surface area contributed by atoms with Crippen molar-refractivity contribution in [1.82, 2.24) is 4.90 Å². The molecule has 0 unspecified atom stereocenters. The lowest BCUT2D eigenvalue weighted by molar-refractivity contribution is 0.0655. The molecular formula is C13H15NO3. The van der Waals surface area contributed by atoms with Gasteiger partial charge in [-0.1, -0.05) is 24.3 Å². The fourth-order valence-electron chi connectivity index (χ4n) is 1.89. The topological polar surface area (TPSA) is 46.6 Å². The third-order valence-electron chi connectivity index (χ3n) is 2.84. The number of nitrogens with zero attached hydrogens (tertiary/aromatic N) is 1. The van der Waals surface area contributed by atoms with Crippen LogP contribution in [0.5, 0.6) is 0 Å². The second-order valence-corrected chi connectivity index (χ2v) is 4.13. The normalized spacial score (nSPS) is 15.6. The van der Waals surface area contributed by atoms with Crippen LogP contribution in [-0.4, -0.2) is 36.5 Å². The lowest BCUT2D eigenvalue weighted by atomic mass is 10.0. The van der Waals surface area contributed by atoms with Gasteiger partial charge in [-0.05, 0) is 18.9 Å². The van der Waals surface area contributed by atoms with Gasteiger partial charge in [0.15, 0.2) is 5.78 Å². The number of ether oxygens (including phenoxy) is 1. The minimum atomic E-state index is -0.391. The van der Waals surface area contributed by atoms with Crippen LogP contribution in [0.2, 0.25) is 0 Å². The summed E-state index contributed by atoms with van der Waals surface area (Å²) in [7, 11) is 0. The van der Waals surface area contributed by atoms with Gasteiger partial charge in [-0.3, -0.25) is 4.79 Å². The maximum absolute atomic E-state index is 12.0. The van der Waals surface area contributed by atoms with Gasteiger partial charge in [-0.15, -0.1) is 0 Å². The number of rotatable bonds is 3. The molecule has 4 nitrogen and oxygen atoms in total. The van der Waals surface area contributed by atoms with Crippen molar-refractivity contribution in [2.75, 3.05) is 19.7 Å². The first kappa shape index (κ1) is 11.6. The Kier molecular flexibility index (Phi) is 3.42. The Morgan fingerprint density at radius 2 is 2.18 bits per heavy atom. The maximum Gasteiger partial charge on any atom is 0.410 e. The number of hydrogen-bond acceptors (Lipinski definition) is 3. The highest BCUT2D eigenvalue weighted by Gasteiger charge is 2.22. The van der Waals surface area contributed by atoms with Crippen molar-refractivity contribution in [3.05, 3.63) is 35.4 Å². The highest BCUT2D eigenvalue weighted by Crippen LogP contribution is 2.11. The quantitative estimate of drug-likeness (QED) is 0.750. The molecule has 90 valence electrons. The number of hydrogen-bond donors (Lipinski definition) is 0. The molecule has 0 aromatic heterocycles. The molecule has 0 bridgehead atoms. The SMILES string of the molecule is Cc1ccccc1C(=O)CN1CCCOC1=O. The number of amides is 1. The number of Topliss-reactive ketones (excluding diaryl/α,β-unsaturated/α-hetero) is 1. The van der Waals surface area contributed by atoms with Crippen molar-refractivity contribution in [2.45, 2.75) is 13.3 Å². The van der Waals surface area contributed by atoms with E-state index in [9.17, 15) is 9.59 Å². The molecule has 1 saturated heterocycles. The molecule has 1 aliphatic heterocycles. The molecule has 1 aromatic rings. The highest BCUT2D eigenvalue weighted by atomic mass is 16.6. The van der Waals surface area contributed by atoms with Gasteiger partial charge in [-0.2, -0.15) is 0 Å². The van der Waals surface area contributed by atoms with E-state index in [2.05, 4.69) is 0 Å². The zero-order valence-corrected chi connectivity index (χ0v) is 9.81. The lowest BCUT2D eigenvalue weighted by Gasteiger charge is -2.25. The van der Waals surface area contributed by atoms with E-state index in [4.69, 9.17) is 4.74 Å². The van der Waals surface area contributed by atoms with E-state index in [-0.39, 0.29) is 12.3 Å².